The van der Waals surface area contributed by atoms with Crippen molar-refractivity contribution < 1.29 is 7.86 Å². The summed E-state index contributed by atoms with van der Waals surface area (Å²) in [6.07, 6.45) is 0. The van der Waals surface area contributed by atoms with E-state index in [4.69, 9.17) is 3.07 Å². The van der Waals surface area contributed by atoms with Gasteiger partial charge in [0.15, 0.2) is 0 Å². The summed E-state index contributed by atoms with van der Waals surface area (Å²) < 4.78 is 7.94. The van der Waals surface area contributed by atoms with Crippen molar-refractivity contribution in [3.05, 3.63) is 66.8 Å². The van der Waals surface area contributed by atoms with E-state index in [2.05, 4.69) is 38.1 Å². The van der Waals surface area contributed by atoms with Crippen molar-refractivity contribution in [2.24, 2.45) is 0 Å². The Morgan fingerprint density at radius 1 is 1.00 bits per heavy atom. The Labute approximate surface area is 120 Å². The topological polar surface area (TPSA) is 26.3 Å². The van der Waals surface area contributed by atoms with Gasteiger partial charge in [-0.3, -0.25) is 0 Å². The van der Waals surface area contributed by atoms with Gasteiger partial charge in [0.05, 0.1) is 0 Å². The van der Waals surface area contributed by atoms with Crippen LogP contribution in [0.3, 0.4) is 0 Å². The van der Waals surface area contributed by atoms with E-state index in [9.17, 15) is 4.79 Å². The molecule has 0 saturated carbocycles. The van der Waals surface area contributed by atoms with Crippen LogP contribution in [0.2, 0.25) is 0 Å². The van der Waals surface area contributed by atoms with Gasteiger partial charge in [-0.25, -0.2) is 0 Å². The summed E-state index contributed by atoms with van der Waals surface area (Å²) in [6, 6.07) is 16.3. The van der Waals surface area contributed by atoms with Crippen molar-refractivity contribution >= 4 is 26.2 Å². The van der Waals surface area contributed by atoms with Crippen LogP contribution in [0.15, 0.2) is 48.5 Å². The number of fused-ring (bicyclic) bond motifs is 1. The number of hydrogen-bond donors (Lipinski definition) is 0. The summed E-state index contributed by atoms with van der Waals surface area (Å²) in [7, 11) is 0. The molecule has 1 aliphatic heterocycles. The monoisotopic (exact) mass is 366 g/mol. The first-order valence-corrected chi connectivity index (χ1v) is 9.32. The van der Waals surface area contributed by atoms with Crippen LogP contribution >= 0.6 is 20.2 Å². The maximum absolute atomic E-state index is 11.8. The first kappa shape index (κ1) is 12.7. The summed E-state index contributed by atoms with van der Waals surface area (Å²) >= 11 is -1.99. The summed E-state index contributed by atoms with van der Waals surface area (Å²) in [5, 5.41) is 0. The molecule has 0 unspecified atom stereocenters. The molecule has 98 valence electrons. The van der Waals surface area contributed by atoms with Gasteiger partial charge in [-0.15, -0.1) is 0 Å². The van der Waals surface area contributed by atoms with E-state index in [-0.39, 0.29) is 5.97 Å². The molecule has 3 rings (SSSR count). The molecule has 3 heteroatoms. The molecule has 0 aliphatic carbocycles. The van der Waals surface area contributed by atoms with Crippen molar-refractivity contribution in [3.8, 4) is 0 Å². The van der Waals surface area contributed by atoms with E-state index >= 15 is 0 Å². The normalized spacial score (nSPS) is 15.5. The number of hydrogen-bond acceptors (Lipinski definition) is 2. The second-order valence-corrected chi connectivity index (χ2v) is 9.07. The molecule has 2 aromatic carbocycles. The van der Waals surface area contributed by atoms with Crippen molar-refractivity contribution in [3.63, 3.8) is 0 Å². The second kappa shape index (κ2) is 4.96. The Morgan fingerprint density at radius 3 is 2.37 bits per heavy atom. The number of carbonyl (C=O) groups is 1. The molecule has 0 atom stereocenters. The third-order valence-corrected chi connectivity index (χ3v) is 7.85. The van der Waals surface area contributed by atoms with Crippen molar-refractivity contribution in [1.82, 2.24) is 0 Å². The van der Waals surface area contributed by atoms with Gasteiger partial charge < -0.3 is 0 Å². The van der Waals surface area contributed by atoms with Gasteiger partial charge in [0.2, 0.25) is 0 Å². The predicted molar refractivity (Wildman–Crippen MR) is 83.8 cm³/mol. The molecule has 0 amide bonds. The van der Waals surface area contributed by atoms with Gasteiger partial charge >= 0.3 is 121 Å². The Hall–Kier alpha value is -1.36. The third kappa shape index (κ3) is 2.27. The van der Waals surface area contributed by atoms with Crippen LogP contribution in [0.25, 0.3) is 0 Å². The number of halogens is 1. The maximum atomic E-state index is 11.8. The summed E-state index contributed by atoms with van der Waals surface area (Å²) in [5.41, 5.74) is 2.07. The van der Waals surface area contributed by atoms with Crippen molar-refractivity contribution in [2.75, 3.05) is 0 Å². The average molecular weight is 366 g/mol. The molecule has 2 aromatic rings. The fourth-order valence-corrected chi connectivity index (χ4v) is 6.33. The number of carbonyl (C=O) groups excluding carboxylic acids is 1. The number of rotatable bonds is 2. The van der Waals surface area contributed by atoms with Crippen LogP contribution < -0.4 is 0 Å². The number of benzene rings is 2. The molecular formula is C16H15IO2. The van der Waals surface area contributed by atoms with E-state index in [1.807, 2.05) is 24.3 Å². The van der Waals surface area contributed by atoms with Gasteiger partial charge in [-0.1, -0.05) is 0 Å². The zero-order valence-corrected chi connectivity index (χ0v) is 13.0. The summed E-state index contributed by atoms with van der Waals surface area (Å²) in [4.78, 5) is 11.8. The molecule has 0 radical (unpaired) electrons. The zero-order chi connectivity index (χ0) is 13.4. The van der Waals surface area contributed by atoms with E-state index in [1.165, 1.54) is 9.13 Å². The fraction of sp³-hybridized carbons (Fsp3) is 0.188. The average Bonchev–Trinajstić information content (AvgIpc) is 2.77. The Bertz CT molecular complexity index is 617. The Kier molecular flexibility index (Phi) is 3.31. The minimum absolute atomic E-state index is 0.159. The molecule has 0 fully saturated rings. The zero-order valence-electron chi connectivity index (χ0n) is 10.9. The van der Waals surface area contributed by atoms with Gasteiger partial charge in [-0.05, 0) is 0 Å². The second-order valence-electron chi connectivity index (χ2n) is 4.80. The van der Waals surface area contributed by atoms with Crippen LogP contribution in [0, 0.1) is 7.14 Å². The molecule has 0 aromatic heterocycles. The Balaban J connectivity index is 1.98. The van der Waals surface area contributed by atoms with Crippen LogP contribution in [0.5, 0.6) is 0 Å². The molecule has 19 heavy (non-hydrogen) atoms. The fourth-order valence-electron chi connectivity index (χ4n) is 2.05. The van der Waals surface area contributed by atoms with Crippen LogP contribution in [0.1, 0.15) is 35.7 Å². The molecule has 0 bridgehead atoms. The quantitative estimate of drug-likeness (QED) is 0.735. The Morgan fingerprint density at radius 2 is 1.68 bits per heavy atom. The first-order valence-electron chi connectivity index (χ1n) is 6.28. The molecule has 0 saturated heterocycles. The van der Waals surface area contributed by atoms with Crippen LogP contribution in [-0.2, 0) is 3.07 Å². The molecule has 0 spiro atoms. The van der Waals surface area contributed by atoms with Crippen molar-refractivity contribution in [2.45, 2.75) is 19.8 Å². The van der Waals surface area contributed by atoms with E-state index in [0.717, 1.165) is 9.13 Å². The SMILES string of the molecule is CC(C)c1ccc(I2OC(=O)c3ccccc32)cc1. The van der Waals surface area contributed by atoms with E-state index < -0.39 is 20.2 Å². The van der Waals surface area contributed by atoms with Crippen molar-refractivity contribution in [1.29, 1.82) is 0 Å². The standard InChI is InChI=1S/C16H15IO2/c1-11(2)12-7-9-13(10-8-12)17-15-6-4-3-5-14(15)16(18)19-17/h3-11H,1-2H3. The third-order valence-electron chi connectivity index (χ3n) is 3.16. The predicted octanol–water partition coefficient (Wildman–Crippen LogP) is 4.44. The van der Waals surface area contributed by atoms with Crippen LogP contribution in [0.4, 0.5) is 0 Å². The minimum atomic E-state index is -1.99. The molecule has 2 nitrogen and oxygen atoms in total. The van der Waals surface area contributed by atoms with E-state index in [1.54, 1.807) is 0 Å². The van der Waals surface area contributed by atoms with E-state index in [0.29, 0.717) is 5.92 Å². The van der Waals surface area contributed by atoms with Gasteiger partial charge in [0.1, 0.15) is 0 Å². The molecule has 1 heterocycles. The van der Waals surface area contributed by atoms with Gasteiger partial charge in [0.25, 0.3) is 0 Å². The first-order chi connectivity index (χ1) is 9.16. The molecule has 0 N–H and O–H groups in total. The molecule has 1 aliphatic rings. The van der Waals surface area contributed by atoms with Gasteiger partial charge in [-0.2, -0.15) is 0 Å². The summed E-state index contributed by atoms with van der Waals surface area (Å²) in [5.74, 6) is 0.366. The molecular weight excluding hydrogens is 351 g/mol. The summed E-state index contributed by atoms with van der Waals surface area (Å²) in [6.45, 7) is 4.36. The van der Waals surface area contributed by atoms with Gasteiger partial charge in [0, 0.05) is 0 Å². The van der Waals surface area contributed by atoms with Crippen LogP contribution in [-0.4, -0.2) is 5.97 Å².